The number of benzene rings is 4. The van der Waals surface area contributed by atoms with Crippen LogP contribution >= 0.6 is 0 Å². The van der Waals surface area contributed by atoms with Gasteiger partial charge in [-0.05, 0) is 98.8 Å². The molecule has 66 heavy (non-hydrogen) atoms. The second-order valence-electron chi connectivity index (χ2n) is 15.7. The Hall–Kier alpha value is -5.80. The molecule has 0 spiro atoms. The Morgan fingerprint density at radius 1 is 0.621 bits per heavy atom. The van der Waals surface area contributed by atoms with Crippen molar-refractivity contribution in [2.45, 2.75) is 86.7 Å². The predicted molar refractivity (Wildman–Crippen MR) is 260 cm³/mol. The lowest BCUT2D eigenvalue weighted by Crippen LogP contribution is -2.35. The number of methoxy groups -OCH3 is 6. The van der Waals surface area contributed by atoms with Gasteiger partial charge in [0, 0.05) is 86.8 Å². The van der Waals surface area contributed by atoms with E-state index < -0.39 is 5.97 Å². The molecule has 15 heteroatoms. The number of aliphatic carboxylic acids is 1. The van der Waals surface area contributed by atoms with Crippen LogP contribution in [0.4, 0.5) is 20.2 Å². The van der Waals surface area contributed by atoms with Gasteiger partial charge in [0.2, 0.25) is 5.91 Å². The van der Waals surface area contributed by atoms with Gasteiger partial charge in [0.1, 0.15) is 23.0 Å². The zero-order chi connectivity index (χ0) is 45.7. The number of halogens is 2. The van der Waals surface area contributed by atoms with Crippen LogP contribution in [0.2, 0.25) is 0 Å². The first kappa shape index (κ1) is 58.2. The minimum atomic E-state index is -0.726. The van der Waals surface area contributed by atoms with Crippen LogP contribution in [-0.4, -0.2) is 95.6 Å². The van der Waals surface area contributed by atoms with Crippen LogP contribution in [0.15, 0.2) is 72.8 Å². The van der Waals surface area contributed by atoms with Gasteiger partial charge in [-0.15, -0.1) is 0 Å². The monoisotopic (exact) mass is 927 g/mol. The number of amides is 1. The zero-order valence-electron chi connectivity index (χ0n) is 37.4. The normalized spacial score (nSPS) is 15.5. The lowest BCUT2D eigenvalue weighted by atomic mass is 9.93. The predicted octanol–water partition coefficient (Wildman–Crippen LogP) is 10.6. The van der Waals surface area contributed by atoms with Gasteiger partial charge < -0.3 is 44.6 Å². The number of carboxylic acids is 1. The van der Waals surface area contributed by atoms with Crippen LogP contribution in [-0.2, 0) is 22.7 Å². The number of rotatable bonds is 17. The van der Waals surface area contributed by atoms with Crippen molar-refractivity contribution in [3.05, 3.63) is 95.6 Å². The molecular weight excluding hydrogens is 851 g/mol. The average molecular weight is 927 g/mol. The fourth-order valence-electron chi connectivity index (χ4n) is 7.78. The first-order valence-corrected chi connectivity index (χ1v) is 21.2. The van der Waals surface area contributed by atoms with Crippen LogP contribution in [0.5, 0.6) is 34.5 Å². The zero-order valence-corrected chi connectivity index (χ0v) is 37.4. The molecule has 4 N–H and O–H groups in total. The molecule has 2 atom stereocenters. The highest BCUT2D eigenvalue weighted by Gasteiger charge is 2.23. The average Bonchev–Trinajstić information content (AvgIpc) is 3.29. The summed E-state index contributed by atoms with van der Waals surface area (Å²) in [6, 6.07) is 20.5. The molecule has 6 rings (SSSR count). The lowest BCUT2D eigenvalue weighted by molar-refractivity contribution is -0.137. The van der Waals surface area contributed by atoms with Gasteiger partial charge in [-0.1, -0.05) is 34.4 Å². The molecule has 0 bridgehead atoms. The minimum Gasteiger partial charge on any atom is -0.497 e. The van der Waals surface area contributed by atoms with E-state index in [1.54, 1.807) is 89.1 Å². The quantitative estimate of drug-likeness (QED) is 0.0864. The summed E-state index contributed by atoms with van der Waals surface area (Å²) in [5.41, 5.74) is 8.91. The number of hydrogen-bond donors (Lipinski definition) is 3. The molecule has 368 valence electrons. The highest BCUT2D eigenvalue weighted by atomic mass is 19.1. The van der Waals surface area contributed by atoms with E-state index in [1.807, 2.05) is 0 Å². The Balaban J connectivity index is 0.000000538. The number of carbonyl (C=O) groups excluding carboxylic acids is 1. The number of piperidine rings is 2. The van der Waals surface area contributed by atoms with Crippen molar-refractivity contribution < 1.29 is 51.9 Å². The van der Waals surface area contributed by atoms with Gasteiger partial charge in [-0.25, -0.2) is 8.78 Å². The third-order valence-corrected chi connectivity index (χ3v) is 11.0. The maximum Gasteiger partial charge on any atom is 0.303 e. The maximum atomic E-state index is 13.6. The molecule has 2 heterocycles. The summed E-state index contributed by atoms with van der Waals surface area (Å²) < 4.78 is 57.6. The van der Waals surface area contributed by atoms with Crippen molar-refractivity contribution in [2.75, 3.05) is 79.9 Å². The van der Waals surface area contributed by atoms with Crippen molar-refractivity contribution in [2.24, 2.45) is 11.8 Å². The molecule has 0 radical (unpaired) electrons. The molecule has 4 aromatic carbocycles. The Bertz CT molecular complexity index is 2010. The Labute approximate surface area is 392 Å². The summed E-state index contributed by atoms with van der Waals surface area (Å²) in [4.78, 5) is 27.8. The van der Waals surface area contributed by atoms with E-state index in [0.717, 1.165) is 88.9 Å². The number of anilines is 2. The van der Waals surface area contributed by atoms with E-state index in [9.17, 15) is 18.4 Å². The molecule has 1 amide bonds. The van der Waals surface area contributed by atoms with Crippen molar-refractivity contribution in [1.29, 1.82) is 0 Å². The van der Waals surface area contributed by atoms with Crippen molar-refractivity contribution in [3.63, 3.8) is 0 Å². The third-order valence-electron chi connectivity index (χ3n) is 11.0. The molecule has 4 aromatic rings. The van der Waals surface area contributed by atoms with Gasteiger partial charge in [0.25, 0.3) is 0 Å². The third kappa shape index (κ3) is 19.7. The fraction of sp³-hybridized carbons (Fsp3) is 0.490. The molecule has 13 nitrogen and oxygen atoms in total. The number of nitrogens with two attached hydrogens (primary N) is 1. The maximum absolute atomic E-state index is 13.6. The summed E-state index contributed by atoms with van der Waals surface area (Å²) in [5, 5.41) is 11.7. The van der Waals surface area contributed by atoms with Gasteiger partial charge in [-0.2, -0.15) is 0 Å². The van der Waals surface area contributed by atoms with Crippen LogP contribution in [0, 0.1) is 23.5 Å². The van der Waals surface area contributed by atoms with E-state index in [1.165, 1.54) is 26.4 Å². The first-order valence-electron chi connectivity index (χ1n) is 21.2. The summed E-state index contributed by atoms with van der Waals surface area (Å²) in [5.74, 6) is 2.70. The number of hydrogen-bond acceptors (Lipinski definition) is 11. The summed E-state index contributed by atoms with van der Waals surface area (Å²) in [6.07, 6.45) is 6.65. The summed E-state index contributed by atoms with van der Waals surface area (Å²) in [7, 11) is 9.29. The highest BCUT2D eigenvalue weighted by Crippen LogP contribution is 2.29. The van der Waals surface area contributed by atoms with Crippen LogP contribution in [0.25, 0.3) is 0 Å². The van der Waals surface area contributed by atoms with Crippen molar-refractivity contribution in [3.8, 4) is 34.5 Å². The van der Waals surface area contributed by atoms with Crippen LogP contribution < -0.4 is 39.5 Å². The minimum absolute atomic E-state index is 0. The second kappa shape index (κ2) is 30.4. The topological polar surface area (TPSA) is 154 Å². The Morgan fingerprint density at radius 2 is 1.03 bits per heavy atom. The Kier molecular flexibility index (Phi) is 26.8. The molecule has 2 aliphatic rings. The molecular formula is C51H76F2N4O9. The van der Waals surface area contributed by atoms with E-state index in [0.29, 0.717) is 52.6 Å². The molecule has 0 aromatic heterocycles. The highest BCUT2D eigenvalue weighted by molar-refractivity contribution is 5.91. The summed E-state index contributed by atoms with van der Waals surface area (Å²) in [6.45, 7) is 5.35. The SMILES string of the molecule is C.C.C.COc1cc(CN2CCCC(CCC(=O)O)C2)ccc1F.COc1cc(N)cc(OC)c1.COc1cc(NC(=O)CCC2CCCN(Cc3ccc(F)c(OC)c3)C2)cc(OC)c1. The number of carboxylic acid groups (broad SMARTS) is 1. The van der Waals surface area contributed by atoms with E-state index in [2.05, 4.69) is 15.1 Å². The largest absolute Gasteiger partial charge is 0.497 e. The van der Waals surface area contributed by atoms with Gasteiger partial charge >= 0.3 is 5.97 Å². The van der Waals surface area contributed by atoms with Crippen LogP contribution in [0.3, 0.4) is 0 Å². The fourth-order valence-corrected chi connectivity index (χ4v) is 7.78. The summed E-state index contributed by atoms with van der Waals surface area (Å²) >= 11 is 0. The second-order valence-corrected chi connectivity index (χ2v) is 15.7. The van der Waals surface area contributed by atoms with Crippen molar-refractivity contribution in [1.82, 2.24) is 9.80 Å². The van der Waals surface area contributed by atoms with E-state index in [-0.39, 0.29) is 57.7 Å². The number of carbonyl (C=O) groups is 2. The number of ether oxygens (including phenoxy) is 6. The van der Waals surface area contributed by atoms with Gasteiger partial charge in [-0.3, -0.25) is 19.4 Å². The van der Waals surface area contributed by atoms with Gasteiger partial charge in [0.05, 0.1) is 42.7 Å². The molecule has 0 aliphatic carbocycles. The number of nitrogens with one attached hydrogen (secondary N) is 1. The number of nitrogen functional groups attached to an aromatic ring is 1. The lowest BCUT2D eigenvalue weighted by Gasteiger charge is -2.32. The molecule has 2 aliphatic heterocycles. The molecule has 2 saturated heterocycles. The molecule has 0 saturated carbocycles. The van der Waals surface area contributed by atoms with Crippen LogP contribution in [0.1, 0.15) is 84.8 Å². The van der Waals surface area contributed by atoms with Gasteiger partial charge in [0.15, 0.2) is 23.1 Å². The number of nitrogens with zero attached hydrogens (tertiary/aromatic N) is 2. The first-order chi connectivity index (χ1) is 30.3. The van der Waals surface area contributed by atoms with E-state index in [4.69, 9.17) is 39.3 Å². The van der Waals surface area contributed by atoms with Crippen molar-refractivity contribution >= 4 is 23.3 Å². The standard InChI is InChI=1S/C24H31FN2O4.C16H22FNO3.C8H11NO2.3CH4/c1-29-20-12-19(13-21(14-20)30-2)26-24(28)9-7-17-5-4-10-27(15-17)16-18-6-8-22(25)23(11-18)31-3;1-21-15-9-13(4-6-14(15)17)11-18-8-2-3-12(10-18)5-7-16(19)20;1-10-7-3-6(9)4-8(5-7)11-2;;;/h6,8,11-14,17H,4-5,7,9-10,15-16H2,1-3H3,(H,26,28);4,6,9,12H,2-3,5,7-8,10-11H2,1H3,(H,19,20);3-5H,9H2,1-2H3;3*1H4. The number of likely N-dealkylation sites (tertiary alicyclic amines) is 2. The smallest absolute Gasteiger partial charge is 0.303 e. The van der Waals surface area contributed by atoms with E-state index >= 15 is 0 Å². The molecule has 2 fully saturated rings. The molecule has 2 unspecified atom stereocenters. The Morgan fingerprint density at radius 3 is 1.42 bits per heavy atom.